The Balaban J connectivity index is 2.02. The maximum absolute atomic E-state index is 12.6. The smallest absolute Gasteiger partial charge is 0.280 e. The normalized spacial score (nSPS) is 21.4. The molecule has 0 unspecified atom stereocenters. The van der Waals surface area contributed by atoms with Crippen molar-refractivity contribution in [2.75, 3.05) is 11.9 Å². The summed E-state index contributed by atoms with van der Waals surface area (Å²) in [6.45, 7) is 14.4. The van der Waals surface area contributed by atoms with E-state index in [0.29, 0.717) is 6.42 Å². The van der Waals surface area contributed by atoms with Crippen LogP contribution in [0.4, 0.5) is 5.95 Å². The number of nitrogens with zero attached hydrogens (tertiary/aromatic N) is 6. The van der Waals surface area contributed by atoms with Gasteiger partial charge >= 0.3 is 0 Å². The third kappa shape index (κ3) is 5.27. The molecule has 0 aliphatic carbocycles. The van der Waals surface area contributed by atoms with Gasteiger partial charge in [-0.05, 0) is 23.7 Å². The first-order chi connectivity index (χ1) is 15.3. The molecule has 33 heavy (non-hydrogen) atoms. The van der Waals surface area contributed by atoms with Crippen molar-refractivity contribution in [3.63, 3.8) is 0 Å². The molecule has 1 saturated heterocycles. The molecule has 2 aromatic heterocycles. The number of nitrogens with one attached hydrogen (secondary N) is 2. The molecule has 3 heterocycles. The summed E-state index contributed by atoms with van der Waals surface area (Å²) in [5.74, 6) is -0.509. The van der Waals surface area contributed by atoms with Gasteiger partial charge in [0.05, 0.1) is 25.1 Å². The summed E-state index contributed by atoms with van der Waals surface area (Å²) in [6, 6.07) is 0. The molecule has 3 atom stereocenters. The van der Waals surface area contributed by atoms with Gasteiger partial charge in [-0.2, -0.15) is 4.98 Å². The van der Waals surface area contributed by atoms with E-state index in [1.807, 2.05) is 0 Å². The van der Waals surface area contributed by atoms with Crippen molar-refractivity contribution in [3.05, 3.63) is 27.1 Å². The summed E-state index contributed by atoms with van der Waals surface area (Å²) in [5, 5.41) is 6.25. The van der Waals surface area contributed by atoms with Crippen molar-refractivity contribution in [3.8, 4) is 0 Å². The van der Waals surface area contributed by atoms with Crippen molar-refractivity contribution in [2.24, 2.45) is 11.0 Å². The average Bonchev–Trinajstić information content (AvgIpc) is 3.29. The monoisotopic (exact) mass is 476 g/mol. The number of ether oxygens (including phenoxy) is 1. The number of carbonyl (C=O) groups excluding carboxylic acids is 1. The van der Waals surface area contributed by atoms with Gasteiger partial charge in [-0.15, -0.1) is 0 Å². The van der Waals surface area contributed by atoms with Crippen LogP contribution in [0.3, 0.4) is 0 Å². The lowest BCUT2D eigenvalue weighted by Gasteiger charge is -2.39. The van der Waals surface area contributed by atoms with E-state index in [-0.39, 0.29) is 52.7 Å². The minimum absolute atomic E-state index is 0.0266. The second-order valence-electron chi connectivity index (χ2n) is 10.1. The van der Waals surface area contributed by atoms with Gasteiger partial charge in [0.2, 0.25) is 11.9 Å². The van der Waals surface area contributed by atoms with Gasteiger partial charge in [0.25, 0.3) is 5.56 Å². The quantitative estimate of drug-likeness (QED) is 0.268. The molecular formula is C20H32N8O4Si. The molecule has 0 radical (unpaired) electrons. The second-order valence-corrected chi connectivity index (χ2v) is 14.9. The number of carbonyl (C=O) groups is 1. The highest BCUT2D eigenvalue weighted by Gasteiger charge is 2.45. The highest BCUT2D eigenvalue weighted by Crippen LogP contribution is 2.42. The standard InChI is InChI=1S/C20H32N8O4Si/c1-11(2)16(29)25-19-24-15-14(17(30)26-19)22-10-28(15)18-13(8-12(31-18)9-23-27-21)32-33(6,7)20(3,4)5/h10-13,18H,8-9H2,1-7H3,(H2,24,25,26,29,30)/t12-,13+,18+/m0/s1. The van der Waals surface area contributed by atoms with Gasteiger partial charge in [0.15, 0.2) is 25.7 Å². The number of hydrogen-bond donors (Lipinski definition) is 2. The van der Waals surface area contributed by atoms with Gasteiger partial charge in [-0.25, -0.2) is 4.98 Å². The van der Waals surface area contributed by atoms with Crippen LogP contribution in [0.5, 0.6) is 0 Å². The number of anilines is 1. The fourth-order valence-corrected chi connectivity index (χ4v) is 4.62. The molecule has 3 rings (SSSR count). The minimum atomic E-state index is -2.17. The minimum Gasteiger partial charge on any atom is -0.409 e. The predicted octanol–water partition coefficient (Wildman–Crippen LogP) is 3.70. The zero-order valence-corrected chi connectivity index (χ0v) is 21.1. The Bertz CT molecular complexity index is 1130. The summed E-state index contributed by atoms with van der Waals surface area (Å²) < 4.78 is 14.5. The number of aromatic nitrogens is 4. The lowest BCUT2D eigenvalue weighted by Crippen LogP contribution is -2.45. The number of azide groups is 1. The van der Waals surface area contributed by atoms with Crippen LogP contribution in [0.25, 0.3) is 21.6 Å². The summed E-state index contributed by atoms with van der Waals surface area (Å²) in [4.78, 5) is 38.7. The third-order valence-corrected chi connectivity index (χ3v) is 10.7. The summed E-state index contributed by atoms with van der Waals surface area (Å²) in [5.41, 5.74) is 8.66. The molecule has 0 spiro atoms. The van der Waals surface area contributed by atoms with Crippen molar-refractivity contribution < 1.29 is 14.0 Å². The number of amides is 1. The Morgan fingerprint density at radius 2 is 2.18 bits per heavy atom. The number of H-pyrrole nitrogens is 1. The number of fused-ring (bicyclic) bond motifs is 1. The summed E-state index contributed by atoms with van der Waals surface area (Å²) in [6.07, 6.45) is 0.697. The van der Waals surface area contributed by atoms with Gasteiger partial charge in [-0.3, -0.25) is 24.5 Å². The van der Waals surface area contributed by atoms with Crippen LogP contribution in [-0.2, 0) is 14.0 Å². The second kappa shape index (κ2) is 9.25. The molecule has 13 heteroatoms. The first kappa shape index (κ1) is 24.9. The van der Waals surface area contributed by atoms with E-state index in [2.05, 4.69) is 64.2 Å². The van der Waals surface area contributed by atoms with Crippen molar-refractivity contribution >= 4 is 31.3 Å². The van der Waals surface area contributed by atoms with E-state index < -0.39 is 20.1 Å². The Hall–Kier alpha value is -2.73. The van der Waals surface area contributed by atoms with Crippen LogP contribution in [0, 0.1) is 5.92 Å². The fourth-order valence-electron chi connectivity index (χ4n) is 3.30. The van der Waals surface area contributed by atoms with Crippen molar-refractivity contribution in [1.82, 2.24) is 19.5 Å². The largest absolute Gasteiger partial charge is 0.409 e. The molecule has 1 aliphatic rings. The van der Waals surface area contributed by atoms with Gasteiger partial charge in [-0.1, -0.05) is 39.7 Å². The van der Waals surface area contributed by atoms with Crippen LogP contribution < -0.4 is 10.9 Å². The SMILES string of the molecule is CC(C)C(=O)Nc1nc2c(ncn2[C@@H]2O[C@H](CN=[N+]=[N-])C[C@H]2O[Si](C)(C)C(C)(C)C)c(=O)[nH]1. The highest BCUT2D eigenvalue weighted by atomic mass is 28.4. The van der Waals surface area contributed by atoms with Crippen LogP contribution in [0.2, 0.25) is 18.1 Å². The molecule has 2 aromatic rings. The Kier molecular flexibility index (Phi) is 6.98. The molecule has 1 fully saturated rings. The molecule has 0 saturated carbocycles. The lowest BCUT2D eigenvalue weighted by molar-refractivity contribution is -0.118. The van der Waals surface area contributed by atoms with E-state index in [1.165, 1.54) is 6.33 Å². The van der Waals surface area contributed by atoms with Gasteiger partial charge < -0.3 is 9.16 Å². The molecule has 0 bridgehead atoms. The molecule has 12 nitrogen and oxygen atoms in total. The Morgan fingerprint density at radius 3 is 2.79 bits per heavy atom. The van der Waals surface area contributed by atoms with Crippen LogP contribution in [0.1, 0.15) is 47.3 Å². The Labute approximate surface area is 192 Å². The lowest BCUT2D eigenvalue weighted by atomic mass is 10.2. The van der Waals surface area contributed by atoms with Gasteiger partial charge in [0, 0.05) is 17.3 Å². The van der Waals surface area contributed by atoms with Crippen molar-refractivity contribution in [1.29, 1.82) is 0 Å². The van der Waals surface area contributed by atoms with Gasteiger partial charge in [0.1, 0.15) is 0 Å². The third-order valence-electron chi connectivity index (χ3n) is 6.22. The number of rotatable bonds is 7. The van der Waals surface area contributed by atoms with E-state index >= 15 is 0 Å². The number of hydrogen-bond acceptors (Lipinski definition) is 7. The number of imidazole rings is 1. The molecular weight excluding hydrogens is 444 g/mol. The topological polar surface area (TPSA) is 160 Å². The predicted molar refractivity (Wildman–Crippen MR) is 126 cm³/mol. The van der Waals surface area contributed by atoms with E-state index in [9.17, 15) is 9.59 Å². The first-order valence-corrected chi connectivity index (χ1v) is 13.9. The molecule has 0 aromatic carbocycles. The summed E-state index contributed by atoms with van der Waals surface area (Å²) in [7, 11) is -2.17. The maximum atomic E-state index is 12.6. The highest BCUT2D eigenvalue weighted by molar-refractivity contribution is 6.74. The average molecular weight is 477 g/mol. The Morgan fingerprint density at radius 1 is 1.48 bits per heavy atom. The maximum Gasteiger partial charge on any atom is 0.280 e. The van der Waals surface area contributed by atoms with E-state index in [1.54, 1.807) is 18.4 Å². The van der Waals surface area contributed by atoms with Crippen LogP contribution >= 0.6 is 0 Å². The van der Waals surface area contributed by atoms with Crippen molar-refractivity contribution in [2.45, 2.75) is 77.6 Å². The molecule has 1 amide bonds. The van der Waals surface area contributed by atoms with Crippen LogP contribution in [0.15, 0.2) is 16.2 Å². The number of aromatic amines is 1. The fraction of sp³-hybridized carbons (Fsp3) is 0.700. The summed E-state index contributed by atoms with van der Waals surface area (Å²) >= 11 is 0. The molecule has 1 aliphatic heterocycles. The van der Waals surface area contributed by atoms with E-state index in [0.717, 1.165) is 0 Å². The molecule has 180 valence electrons. The zero-order valence-electron chi connectivity index (χ0n) is 20.1. The van der Waals surface area contributed by atoms with Crippen LogP contribution in [-0.4, -0.2) is 52.5 Å². The molecule has 2 N–H and O–H groups in total. The first-order valence-electron chi connectivity index (χ1n) is 11.0. The zero-order chi connectivity index (χ0) is 24.6. The van der Waals surface area contributed by atoms with E-state index in [4.69, 9.17) is 14.7 Å².